The van der Waals surface area contributed by atoms with Gasteiger partial charge in [0.05, 0.1) is 31.5 Å². The van der Waals surface area contributed by atoms with Gasteiger partial charge in [-0.05, 0) is 48.9 Å². The van der Waals surface area contributed by atoms with E-state index in [1.165, 1.54) is 40.0 Å². The van der Waals surface area contributed by atoms with E-state index in [9.17, 15) is 0 Å². The quantitative estimate of drug-likeness (QED) is 0.249. The molecule has 0 radical (unpaired) electrons. The number of hydrogen-bond donors (Lipinski definition) is 0. The molecule has 5 rings (SSSR count). The lowest BCUT2D eigenvalue weighted by Crippen LogP contribution is -1.89. The first kappa shape index (κ1) is 20.3. The maximum absolute atomic E-state index is 4.85. The van der Waals surface area contributed by atoms with Gasteiger partial charge in [0.1, 0.15) is 0 Å². The minimum absolute atomic E-state index is 0.667. The van der Waals surface area contributed by atoms with Crippen molar-refractivity contribution in [3.05, 3.63) is 45.0 Å². The van der Waals surface area contributed by atoms with Crippen molar-refractivity contribution in [3.8, 4) is 20.9 Å². The molecule has 1 aromatic carbocycles. The monoisotopic (exact) mass is 468 g/mol. The van der Waals surface area contributed by atoms with Crippen molar-refractivity contribution in [2.75, 3.05) is 0 Å². The maximum Gasteiger partial charge on any atom is 0.0921 e. The maximum atomic E-state index is 4.85. The number of nitrogens with zero attached hydrogens (tertiary/aromatic N) is 2. The highest BCUT2D eigenvalue weighted by molar-refractivity contribution is 7.22. The first-order valence-corrected chi connectivity index (χ1v) is 13.7. The molecule has 0 atom stereocenters. The second-order valence-electron chi connectivity index (χ2n) is 8.54. The van der Waals surface area contributed by atoms with Gasteiger partial charge < -0.3 is 0 Å². The Balaban J connectivity index is 1.71. The Kier molecular flexibility index (Phi) is 5.52. The molecule has 0 amide bonds. The summed E-state index contributed by atoms with van der Waals surface area (Å²) >= 11 is 7.30. The van der Waals surface area contributed by atoms with Crippen LogP contribution in [0.3, 0.4) is 0 Å². The molecule has 6 heteroatoms. The third-order valence-corrected chi connectivity index (χ3v) is 9.04. The van der Waals surface area contributed by atoms with E-state index in [2.05, 4.69) is 52.0 Å². The molecule has 5 aromatic rings. The molecule has 0 unspecified atom stereocenters. The van der Waals surface area contributed by atoms with Crippen LogP contribution in [-0.2, 0) is 12.8 Å². The van der Waals surface area contributed by atoms with E-state index in [0.29, 0.717) is 11.8 Å². The summed E-state index contributed by atoms with van der Waals surface area (Å²) in [5, 5.41) is 0. The van der Waals surface area contributed by atoms with E-state index in [1.54, 1.807) is 22.7 Å². The fraction of sp³-hybridized carbons (Fsp3) is 0.333. The second-order valence-corrected chi connectivity index (χ2v) is 12.6. The Hall–Kier alpha value is -1.60. The minimum Gasteiger partial charge on any atom is -0.244 e. The Morgan fingerprint density at radius 3 is 1.50 bits per heavy atom. The van der Waals surface area contributed by atoms with E-state index >= 15 is 0 Å². The first-order valence-electron chi connectivity index (χ1n) is 10.3. The highest BCUT2D eigenvalue weighted by atomic mass is 32.1. The van der Waals surface area contributed by atoms with Crippen LogP contribution in [0.4, 0.5) is 0 Å². The van der Waals surface area contributed by atoms with Crippen molar-refractivity contribution in [3.63, 3.8) is 0 Å². The predicted octanol–water partition coefficient (Wildman–Crippen LogP) is 8.76. The van der Waals surface area contributed by atoms with Gasteiger partial charge >= 0.3 is 0 Å². The van der Waals surface area contributed by atoms with E-state index in [1.807, 2.05) is 33.7 Å². The highest BCUT2D eigenvalue weighted by Crippen LogP contribution is 2.48. The molecule has 0 saturated heterocycles. The van der Waals surface area contributed by atoms with E-state index < -0.39 is 0 Å². The van der Waals surface area contributed by atoms with Crippen LogP contribution in [-0.4, -0.2) is 9.97 Å². The van der Waals surface area contributed by atoms with Crippen molar-refractivity contribution in [2.45, 2.75) is 40.5 Å². The van der Waals surface area contributed by atoms with Crippen LogP contribution in [0.25, 0.3) is 41.3 Å². The van der Waals surface area contributed by atoms with E-state index in [0.717, 1.165) is 23.9 Å². The standard InChI is InChI=1S/C24H24N2S4/c1-13(2)9-15-5-7-17(29-15)19-21-24(28-11-25-21)20(22-23(19)27-12-26-22)18-8-6-16(30-18)10-14(3)4/h5-8,11-14H,9-10H2,1-4H3. The summed E-state index contributed by atoms with van der Waals surface area (Å²) in [6.45, 7) is 9.12. The molecule has 0 aliphatic carbocycles. The van der Waals surface area contributed by atoms with Crippen LogP contribution >= 0.6 is 45.3 Å². The number of rotatable bonds is 6. The van der Waals surface area contributed by atoms with Crippen molar-refractivity contribution in [1.29, 1.82) is 0 Å². The number of thiazole rings is 2. The van der Waals surface area contributed by atoms with Crippen LogP contribution in [0, 0.1) is 11.8 Å². The van der Waals surface area contributed by atoms with Crippen molar-refractivity contribution < 1.29 is 0 Å². The lowest BCUT2D eigenvalue weighted by Gasteiger charge is -2.08. The summed E-state index contributed by atoms with van der Waals surface area (Å²) in [7, 11) is 0. The number of aromatic nitrogens is 2. The van der Waals surface area contributed by atoms with Gasteiger partial charge in [0.25, 0.3) is 0 Å². The molecular formula is C24H24N2S4. The zero-order chi connectivity index (χ0) is 20.8. The van der Waals surface area contributed by atoms with Crippen molar-refractivity contribution in [2.24, 2.45) is 11.8 Å². The third-order valence-electron chi connectivity index (χ3n) is 5.10. The molecule has 0 spiro atoms. The average Bonchev–Trinajstić information content (AvgIpc) is 3.46. The van der Waals surface area contributed by atoms with Gasteiger partial charge in [-0.3, -0.25) is 0 Å². The van der Waals surface area contributed by atoms with Crippen LogP contribution in [0.2, 0.25) is 0 Å². The summed E-state index contributed by atoms with van der Waals surface area (Å²) in [5.74, 6) is 1.33. The van der Waals surface area contributed by atoms with Crippen LogP contribution in [0.5, 0.6) is 0 Å². The molecule has 4 heterocycles. The molecule has 0 aliphatic heterocycles. The molecule has 0 saturated carbocycles. The summed E-state index contributed by atoms with van der Waals surface area (Å²) in [4.78, 5) is 15.2. The second kappa shape index (κ2) is 8.15. The number of fused-ring (bicyclic) bond motifs is 2. The van der Waals surface area contributed by atoms with Crippen molar-refractivity contribution >= 4 is 65.8 Å². The fourth-order valence-electron chi connectivity index (χ4n) is 3.92. The molecule has 154 valence electrons. The Labute approximate surface area is 193 Å². The normalized spacial score (nSPS) is 12.2. The Morgan fingerprint density at radius 1 is 0.667 bits per heavy atom. The molecule has 0 bridgehead atoms. The van der Waals surface area contributed by atoms with Gasteiger partial charge in [0.2, 0.25) is 0 Å². The Bertz CT molecular complexity index is 1170. The summed E-state index contributed by atoms with van der Waals surface area (Å²) in [6.07, 6.45) is 2.26. The van der Waals surface area contributed by atoms with Gasteiger partial charge in [0.15, 0.2) is 0 Å². The van der Waals surface area contributed by atoms with Gasteiger partial charge in [-0.15, -0.1) is 45.3 Å². The lowest BCUT2D eigenvalue weighted by atomic mass is 10.1. The van der Waals surface area contributed by atoms with Gasteiger partial charge in [-0.1, -0.05) is 27.7 Å². The molecule has 0 N–H and O–H groups in total. The van der Waals surface area contributed by atoms with Crippen LogP contribution in [0.15, 0.2) is 35.3 Å². The molecule has 0 aliphatic rings. The molecule has 30 heavy (non-hydrogen) atoms. The van der Waals surface area contributed by atoms with E-state index in [-0.39, 0.29) is 0 Å². The summed E-state index contributed by atoms with van der Waals surface area (Å²) in [5.41, 5.74) is 8.78. The first-order chi connectivity index (χ1) is 14.5. The van der Waals surface area contributed by atoms with Gasteiger partial charge in [-0.2, -0.15) is 0 Å². The molecular weight excluding hydrogens is 445 g/mol. The van der Waals surface area contributed by atoms with Crippen molar-refractivity contribution in [1.82, 2.24) is 9.97 Å². The number of thiophene rings is 2. The summed E-state index contributed by atoms with van der Waals surface area (Å²) < 4.78 is 2.53. The third kappa shape index (κ3) is 3.64. The SMILES string of the molecule is CC(C)Cc1ccc(-c2c3ncsc3c(-c3ccc(CC(C)C)s3)c3ncsc23)s1. The number of hydrogen-bond acceptors (Lipinski definition) is 6. The Morgan fingerprint density at radius 2 is 1.10 bits per heavy atom. The van der Waals surface area contributed by atoms with Crippen LogP contribution < -0.4 is 0 Å². The van der Waals surface area contributed by atoms with Gasteiger partial charge in [0, 0.05) is 30.6 Å². The number of benzene rings is 1. The zero-order valence-corrected chi connectivity index (χ0v) is 20.8. The fourth-order valence-corrected chi connectivity index (χ4v) is 8.31. The topological polar surface area (TPSA) is 25.8 Å². The largest absolute Gasteiger partial charge is 0.244 e. The van der Waals surface area contributed by atoms with Gasteiger partial charge in [-0.25, -0.2) is 9.97 Å². The minimum atomic E-state index is 0.667. The van der Waals surface area contributed by atoms with Crippen LogP contribution in [0.1, 0.15) is 37.4 Å². The molecule has 0 fully saturated rings. The highest BCUT2D eigenvalue weighted by Gasteiger charge is 2.22. The predicted molar refractivity (Wildman–Crippen MR) is 137 cm³/mol. The zero-order valence-electron chi connectivity index (χ0n) is 17.6. The van der Waals surface area contributed by atoms with E-state index in [4.69, 9.17) is 9.97 Å². The molecule has 4 aromatic heterocycles. The summed E-state index contributed by atoms with van der Waals surface area (Å²) in [6, 6.07) is 9.13. The molecule has 2 nitrogen and oxygen atoms in total. The lowest BCUT2D eigenvalue weighted by molar-refractivity contribution is 0.654. The smallest absolute Gasteiger partial charge is 0.0921 e. The average molecular weight is 469 g/mol.